The summed E-state index contributed by atoms with van der Waals surface area (Å²) in [6, 6.07) is 5.24. The van der Waals surface area contributed by atoms with Crippen molar-refractivity contribution in [3.63, 3.8) is 0 Å². The molecule has 3 atom stereocenters. The minimum atomic E-state index is -0.244. The predicted molar refractivity (Wildman–Crippen MR) is 82.0 cm³/mol. The van der Waals surface area contributed by atoms with Crippen LogP contribution < -0.4 is 5.73 Å². The Balaban J connectivity index is 2.17. The monoisotopic (exact) mass is 344 g/mol. The fourth-order valence-electron chi connectivity index (χ4n) is 2.86. The molecule has 2 N–H and O–H groups in total. The Bertz CT molecular complexity index is 457. The fraction of sp³-hybridized carbons (Fsp3) is 0.600. The summed E-state index contributed by atoms with van der Waals surface area (Å²) in [5.74, 6) is 0.321. The van der Waals surface area contributed by atoms with Crippen LogP contribution in [-0.4, -0.2) is 37.7 Å². The van der Waals surface area contributed by atoms with Crippen LogP contribution in [-0.2, 0) is 4.74 Å². The lowest BCUT2D eigenvalue weighted by Crippen LogP contribution is -2.47. The molecule has 0 amide bonds. The van der Waals surface area contributed by atoms with Gasteiger partial charge in [-0.05, 0) is 52.5 Å². The third kappa shape index (κ3) is 3.39. The van der Waals surface area contributed by atoms with Gasteiger partial charge in [-0.3, -0.25) is 4.90 Å². The zero-order chi connectivity index (χ0) is 14.7. The lowest BCUT2D eigenvalue weighted by molar-refractivity contribution is -0.0183. The van der Waals surface area contributed by atoms with Crippen LogP contribution in [0.15, 0.2) is 22.7 Å². The maximum atomic E-state index is 13.4. The van der Waals surface area contributed by atoms with Crippen LogP contribution in [0.5, 0.6) is 0 Å². The molecule has 1 fully saturated rings. The maximum absolute atomic E-state index is 13.4. The molecule has 0 bridgehead atoms. The summed E-state index contributed by atoms with van der Waals surface area (Å²) in [4.78, 5) is 2.34. The molecule has 1 aromatic carbocycles. The molecule has 0 saturated carbocycles. The fourth-order valence-corrected chi connectivity index (χ4v) is 3.26. The van der Waals surface area contributed by atoms with E-state index in [9.17, 15) is 4.39 Å². The van der Waals surface area contributed by atoms with Gasteiger partial charge in [-0.25, -0.2) is 4.39 Å². The van der Waals surface area contributed by atoms with Gasteiger partial charge < -0.3 is 10.5 Å². The van der Waals surface area contributed by atoms with Crippen molar-refractivity contribution in [1.29, 1.82) is 0 Å². The Morgan fingerprint density at radius 3 is 2.90 bits per heavy atom. The third-order valence-electron chi connectivity index (χ3n) is 4.22. The smallest absolute Gasteiger partial charge is 0.137 e. The largest absolute Gasteiger partial charge is 0.380 e. The number of likely N-dealkylation sites (tertiary alicyclic amines) is 1. The van der Waals surface area contributed by atoms with E-state index in [4.69, 9.17) is 10.5 Å². The number of piperidine rings is 1. The van der Waals surface area contributed by atoms with Crippen LogP contribution in [0.25, 0.3) is 0 Å². The van der Waals surface area contributed by atoms with E-state index < -0.39 is 0 Å². The van der Waals surface area contributed by atoms with Crippen molar-refractivity contribution < 1.29 is 9.13 Å². The van der Waals surface area contributed by atoms with Crippen LogP contribution in [0.2, 0.25) is 0 Å². The number of hydrogen-bond donors (Lipinski definition) is 1. The highest BCUT2D eigenvalue weighted by atomic mass is 79.9. The van der Waals surface area contributed by atoms with Crippen molar-refractivity contribution in [1.82, 2.24) is 4.90 Å². The second-order valence-corrected chi connectivity index (χ2v) is 6.31. The molecular weight excluding hydrogens is 323 g/mol. The van der Waals surface area contributed by atoms with Crippen molar-refractivity contribution in [3.8, 4) is 0 Å². The van der Waals surface area contributed by atoms with E-state index in [1.807, 2.05) is 12.1 Å². The van der Waals surface area contributed by atoms with Crippen molar-refractivity contribution in [2.24, 2.45) is 11.7 Å². The van der Waals surface area contributed by atoms with Gasteiger partial charge in [-0.1, -0.05) is 13.0 Å². The second kappa shape index (κ2) is 6.98. The number of halogens is 2. The van der Waals surface area contributed by atoms with Crippen LogP contribution >= 0.6 is 15.9 Å². The van der Waals surface area contributed by atoms with Gasteiger partial charge in [0.05, 0.1) is 10.6 Å². The Labute approximate surface area is 128 Å². The van der Waals surface area contributed by atoms with Crippen molar-refractivity contribution in [3.05, 3.63) is 34.1 Å². The normalized spacial score (nSPS) is 25.6. The van der Waals surface area contributed by atoms with E-state index >= 15 is 0 Å². The number of nitrogens with two attached hydrogens (primary N) is 1. The molecular formula is C15H22BrFN2O. The van der Waals surface area contributed by atoms with Gasteiger partial charge in [0.1, 0.15) is 5.82 Å². The Morgan fingerprint density at radius 2 is 2.30 bits per heavy atom. The number of ether oxygens (including phenoxy) is 1. The van der Waals surface area contributed by atoms with Gasteiger partial charge in [0.2, 0.25) is 0 Å². The van der Waals surface area contributed by atoms with Crippen LogP contribution in [0, 0.1) is 11.7 Å². The molecule has 0 aliphatic carbocycles. The van der Waals surface area contributed by atoms with Crippen molar-refractivity contribution in [2.45, 2.75) is 25.5 Å². The van der Waals surface area contributed by atoms with E-state index in [0.717, 1.165) is 25.1 Å². The van der Waals surface area contributed by atoms with E-state index in [-0.39, 0.29) is 18.0 Å². The highest BCUT2D eigenvalue weighted by Crippen LogP contribution is 2.29. The number of hydrogen-bond acceptors (Lipinski definition) is 3. The molecule has 2 rings (SSSR count). The van der Waals surface area contributed by atoms with Gasteiger partial charge in [0.15, 0.2) is 0 Å². The first-order valence-corrected chi connectivity index (χ1v) is 7.78. The van der Waals surface area contributed by atoms with Crippen LogP contribution in [0.3, 0.4) is 0 Å². The number of methoxy groups -OCH3 is 1. The van der Waals surface area contributed by atoms with Crippen molar-refractivity contribution >= 4 is 15.9 Å². The minimum Gasteiger partial charge on any atom is -0.380 e. The summed E-state index contributed by atoms with van der Waals surface area (Å²) in [6.45, 7) is 4.60. The van der Waals surface area contributed by atoms with Gasteiger partial charge in [0, 0.05) is 26.2 Å². The summed E-state index contributed by atoms with van der Waals surface area (Å²) in [5, 5.41) is 0. The van der Waals surface area contributed by atoms with E-state index in [2.05, 4.69) is 27.8 Å². The molecule has 1 aromatic rings. The molecule has 3 nitrogen and oxygen atoms in total. The van der Waals surface area contributed by atoms with E-state index in [1.54, 1.807) is 7.11 Å². The first-order chi connectivity index (χ1) is 9.56. The van der Waals surface area contributed by atoms with Gasteiger partial charge >= 0.3 is 0 Å². The average Bonchev–Trinajstić information content (AvgIpc) is 2.45. The van der Waals surface area contributed by atoms with E-state index in [0.29, 0.717) is 16.9 Å². The van der Waals surface area contributed by atoms with Crippen LogP contribution in [0.4, 0.5) is 4.39 Å². The second-order valence-electron chi connectivity index (χ2n) is 5.46. The standard InChI is InChI=1S/C15H22BrFN2O/c1-10-5-6-19(9-15(10)20-2)14(8-18)11-3-4-13(17)12(16)7-11/h3-4,7,10,14-15H,5-6,8-9,18H2,1-2H3. The predicted octanol–water partition coefficient (Wildman–Crippen LogP) is 2.94. The lowest BCUT2D eigenvalue weighted by atomic mass is 9.93. The Morgan fingerprint density at radius 1 is 1.55 bits per heavy atom. The lowest BCUT2D eigenvalue weighted by Gasteiger charge is -2.40. The highest BCUT2D eigenvalue weighted by molar-refractivity contribution is 9.10. The highest BCUT2D eigenvalue weighted by Gasteiger charge is 2.30. The molecule has 0 aromatic heterocycles. The first kappa shape index (κ1) is 15.9. The first-order valence-electron chi connectivity index (χ1n) is 6.98. The number of rotatable bonds is 4. The molecule has 1 saturated heterocycles. The molecule has 1 heterocycles. The maximum Gasteiger partial charge on any atom is 0.137 e. The summed E-state index contributed by atoms with van der Waals surface area (Å²) in [7, 11) is 1.76. The summed E-state index contributed by atoms with van der Waals surface area (Å²) >= 11 is 3.24. The van der Waals surface area contributed by atoms with E-state index in [1.165, 1.54) is 6.07 Å². The minimum absolute atomic E-state index is 0.108. The molecule has 1 aliphatic heterocycles. The van der Waals surface area contributed by atoms with Crippen LogP contribution in [0.1, 0.15) is 24.9 Å². The Kier molecular flexibility index (Phi) is 5.55. The molecule has 20 heavy (non-hydrogen) atoms. The summed E-state index contributed by atoms with van der Waals surface area (Å²) in [5.41, 5.74) is 7.00. The van der Waals surface area contributed by atoms with Crippen molar-refractivity contribution in [2.75, 3.05) is 26.7 Å². The zero-order valence-electron chi connectivity index (χ0n) is 12.0. The molecule has 3 unspecified atom stereocenters. The zero-order valence-corrected chi connectivity index (χ0v) is 13.6. The quantitative estimate of drug-likeness (QED) is 0.912. The molecule has 112 valence electrons. The Hall–Kier alpha value is -0.490. The summed E-state index contributed by atoms with van der Waals surface area (Å²) in [6.07, 6.45) is 1.33. The molecule has 1 aliphatic rings. The molecule has 5 heteroatoms. The number of nitrogens with zero attached hydrogens (tertiary/aromatic N) is 1. The summed E-state index contributed by atoms with van der Waals surface area (Å²) < 4.78 is 19.4. The topological polar surface area (TPSA) is 38.5 Å². The SMILES string of the molecule is COC1CN(C(CN)c2ccc(F)c(Br)c2)CCC1C. The van der Waals surface area contributed by atoms with Gasteiger partial charge in [0.25, 0.3) is 0 Å². The molecule has 0 radical (unpaired) electrons. The number of benzene rings is 1. The van der Waals surface area contributed by atoms with Gasteiger partial charge in [-0.2, -0.15) is 0 Å². The van der Waals surface area contributed by atoms with Gasteiger partial charge in [-0.15, -0.1) is 0 Å². The molecule has 0 spiro atoms. The average molecular weight is 345 g/mol. The third-order valence-corrected chi connectivity index (χ3v) is 4.82.